The number of allylic oxidation sites excluding steroid dienone is 14. The van der Waals surface area contributed by atoms with Gasteiger partial charge in [-0.05, 0) is 111 Å². The largest absolute Gasteiger partial charge is 0.364 e. The Morgan fingerprint density at radius 1 is 0.778 bits per heavy atom. The molecule has 2 aliphatic heterocycles. The molecule has 0 saturated heterocycles. The van der Waals surface area contributed by atoms with Gasteiger partial charge in [0.2, 0.25) is 0 Å². The highest BCUT2D eigenvalue weighted by atomic mass is 15.3. The fourth-order valence-corrected chi connectivity index (χ4v) is 12.2. The van der Waals surface area contributed by atoms with E-state index in [1.807, 2.05) is 0 Å². The van der Waals surface area contributed by atoms with E-state index < -0.39 is 0 Å². The third-order valence-electron chi connectivity index (χ3n) is 14.4. The molecule has 1 aromatic rings. The van der Waals surface area contributed by atoms with Gasteiger partial charge < -0.3 is 9.80 Å². The molecule has 0 aromatic heterocycles. The van der Waals surface area contributed by atoms with Crippen molar-refractivity contribution in [3.05, 3.63) is 148 Å². The van der Waals surface area contributed by atoms with Crippen molar-refractivity contribution in [1.82, 2.24) is 9.80 Å². The molecule has 0 N–H and O–H groups in total. The van der Waals surface area contributed by atoms with Crippen LogP contribution in [0.1, 0.15) is 107 Å². The van der Waals surface area contributed by atoms with Crippen LogP contribution in [0, 0.1) is 46.3 Å². The summed E-state index contributed by atoms with van der Waals surface area (Å²) in [5.74, 6) is 1.44. The van der Waals surface area contributed by atoms with Crippen LogP contribution in [0.3, 0.4) is 0 Å². The van der Waals surface area contributed by atoms with E-state index in [0.717, 1.165) is 44.1 Å². The maximum atomic E-state index is 10.2. The Morgan fingerprint density at radius 3 is 2.59 bits per heavy atom. The molecule has 0 amide bonds. The lowest BCUT2D eigenvalue weighted by molar-refractivity contribution is 0.152. The molecule has 1 fully saturated rings. The maximum absolute atomic E-state index is 10.2. The number of benzene rings is 1. The predicted molar refractivity (Wildman–Crippen MR) is 217 cm³/mol. The number of fused-ring (bicyclic) bond motifs is 4. The summed E-state index contributed by atoms with van der Waals surface area (Å²) >= 11 is 0. The average molecular weight is 709 g/mol. The van der Waals surface area contributed by atoms with Crippen molar-refractivity contribution < 1.29 is 0 Å². The van der Waals surface area contributed by atoms with Gasteiger partial charge in [-0.25, -0.2) is 0 Å². The van der Waals surface area contributed by atoms with Crippen LogP contribution < -0.4 is 0 Å². The van der Waals surface area contributed by atoms with E-state index in [9.17, 15) is 10.5 Å². The normalized spacial score (nSPS) is 33.9. The zero-order valence-electron chi connectivity index (χ0n) is 31.5. The molecule has 0 radical (unpaired) electrons. The number of rotatable bonds is 5. The maximum Gasteiger partial charge on any atom is 0.0947 e. The summed E-state index contributed by atoms with van der Waals surface area (Å²) in [6.07, 6.45) is 44.2. The zero-order chi connectivity index (χ0) is 36.2. The molecule has 4 heteroatoms. The molecule has 54 heavy (non-hydrogen) atoms. The van der Waals surface area contributed by atoms with Gasteiger partial charge in [0.25, 0.3) is 0 Å². The van der Waals surface area contributed by atoms with Crippen LogP contribution in [0.4, 0.5) is 0 Å². The molecule has 0 spiro atoms. The number of hydrogen-bond donors (Lipinski definition) is 0. The predicted octanol–water partition coefficient (Wildman–Crippen LogP) is 11.4. The van der Waals surface area contributed by atoms with Crippen LogP contribution in [0.15, 0.2) is 137 Å². The van der Waals surface area contributed by atoms with Crippen molar-refractivity contribution in [1.29, 1.82) is 10.5 Å². The van der Waals surface area contributed by atoms with E-state index in [0.29, 0.717) is 23.9 Å². The van der Waals surface area contributed by atoms with E-state index in [2.05, 4.69) is 119 Å². The first-order valence-corrected chi connectivity index (χ1v) is 21.1. The topological polar surface area (TPSA) is 54.1 Å². The van der Waals surface area contributed by atoms with Crippen LogP contribution in [0.25, 0.3) is 5.57 Å². The minimum atomic E-state index is -0.0678. The molecule has 7 aliphatic carbocycles. The standard InChI is InChI=1S/C50H52N4/c51-31-33-25-26-50-46(27-33)45-21-9-12-24-49(45)54(50)37-29-35(28-36(30-37)53-47-22-10-7-19-43(47)44-20-8-11-23-48(44)53)39-15-3-4-17-41(39)42-18-6-5-16-40(42)38-14-2-1-13-34(38)32-52/h1,3-7,10,13,15-17,19,22,27-29,34,37-38,42-43,45,47,49H,2,8-9,11-12,14,18,20-21,23-26,30H2. The Hall–Kier alpha value is -4.80. The van der Waals surface area contributed by atoms with Crippen molar-refractivity contribution in [2.75, 3.05) is 0 Å². The number of hydrogen-bond acceptors (Lipinski definition) is 4. The first-order valence-electron chi connectivity index (χ1n) is 21.1. The lowest BCUT2D eigenvalue weighted by atomic mass is 9.70. The van der Waals surface area contributed by atoms with Crippen LogP contribution in [-0.2, 0) is 0 Å². The summed E-state index contributed by atoms with van der Waals surface area (Å²) < 4.78 is 0. The van der Waals surface area contributed by atoms with E-state index >= 15 is 0 Å². The van der Waals surface area contributed by atoms with Crippen molar-refractivity contribution in [2.45, 2.75) is 114 Å². The fourth-order valence-electron chi connectivity index (χ4n) is 12.2. The molecule has 0 bridgehead atoms. The summed E-state index contributed by atoms with van der Waals surface area (Å²) in [6.45, 7) is 0. The molecule has 272 valence electrons. The highest BCUT2D eigenvalue weighted by molar-refractivity contribution is 5.79. The van der Waals surface area contributed by atoms with Crippen LogP contribution in [0.2, 0.25) is 0 Å². The summed E-state index contributed by atoms with van der Waals surface area (Å²) in [5, 5.41) is 20.2. The molecule has 4 nitrogen and oxygen atoms in total. The second kappa shape index (κ2) is 14.1. The molecule has 1 saturated carbocycles. The van der Waals surface area contributed by atoms with Crippen molar-refractivity contribution >= 4 is 5.57 Å². The van der Waals surface area contributed by atoms with Gasteiger partial charge in [0.15, 0.2) is 0 Å². The minimum absolute atomic E-state index is 0.0678. The van der Waals surface area contributed by atoms with Crippen LogP contribution >= 0.6 is 0 Å². The Bertz CT molecular complexity index is 2130. The molecular formula is C50H52N4. The Balaban J connectivity index is 1.11. The molecule has 10 rings (SSSR count). The van der Waals surface area contributed by atoms with Gasteiger partial charge in [0, 0.05) is 58.8 Å². The molecule has 9 aliphatic rings. The number of nitriles is 2. The van der Waals surface area contributed by atoms with Crippen LogP contribution in [-0.4, -0.2) is 27.9 Å². The smallest absolute Gasteiger partial charge is 0.0947 e. The zero-order valence-corrected chi connectivity index (χ0v) is 31.5. The number of nitrogens with zero attached hydrogens (tertiary/aromatic N) is 4. The third-order valence-corrected chi connectivity index (χ3v) is 14.4. The van der Waals surface area contributed by atoms with Crippen molar-refractivity contribution in [3.63, 3.8) is 0 Å². The SMILES string of the molecule is N#CC1=CC2=C(CC1)N(C1C=C(c3ccccc3C3CC=CC=C3C3CCC=CC3C#N)C=C(N3C4=C(CCCC4)C4C=CC=CC43)C1)C1CCCCC21. The van der Waals surface area contributed by atoms with Gasteiger partial charge >= 0.3 is 0 Å². The average Bonchev–Trinajstić information content (AvgIpc) is 3.76. The van der Waals surface area contributed by atoms with Gasteiger partial charge in [-0.3, -0.25) is 0 Å². The highest BCUT2D eigenvalue weighted by Gasteiger charge is 2.47. The summed E-state index contributed by atoms with van der Waals surface area (Å²) in [4.78, 5) is 5.70. The highest BCUT2D eigenvalue weighted by Crippen LogP contribution is 2.53. The van der Waals surface area contributed by atoms with Gasteiger partial charge in [-0.15, -0.1) is 0 Å². The molecule has 8 unspecified atom stereocenters. The first kappa shape index (κ1) is 33.7. The van der Waals surface area contributed by atoms with Gasteiger partial charge in [-0.1, -0.05) is 103 Å². The minimum Gasteiger partial charge on any atom is -0.364 e. The molecular weight excluding hydrogens is 657 g/mol. The molecule has 8 atom stereocenters. The van der Waals surface area contributed by atoms with Crippen molar-refractivity contribution in [3.8, 4) is 12.1 Å². The van der Waals surface area contributed by atoms with E-state index in [-0.39, 0.29) is 23.8 Å². The quantitative estimate of drug-likeness (QED) is 0.286. The summed E-state index contributed by atoms with van der Waals surface area (Å²) in [5.41, 5.74) is 14.2. The second-order valence-corrected chi connectivity index (χ2v) is 17.2. The summed E-state index contributed by atoms with van der Waals surface area (Å²) in [6, 6.07) is 15.5. The third kappa shape index (κ3) is 5.59. The first-order chi connectivity index (χ1) is 26.7. The Morgan fingerprint density at radius 2 is 1.67 bits per heavy atom. The molecule has 2 heterocycles. The van der Waals surface area contributed by atoms with Crippen LogP contribution in [0.5, 0.6) is 0 Å². The van der Waals surface area contributed by atoms with Gasteiger partial charge in [0.1, 0.15) is 0 Å². The second-order valence-electron chi connectivity index (χ2n) is 17.2. The van der Waals surface area contributed by atoms with Gasteiger partial charge in [0.05, 0.1) is 30.1 Å². The lowest BCUT2D eigenvalue weighted by Crippen LogP contribution is -2.44. The van der Waals surface area contributed by atoms with E-state index in [1.165, 1.54) is 90.6 Å². The van der Waals surface area contributed by atoms with E-state index in [4.69, 9.17) is 0 Å². The Labute approximate surface area is 322 Å². The monoisotopic (exact) mass is 708 g/mol. The summed E-state index contributed by atoms with van der Waals surface area (Å²) in [7, 11) is 0. The van der Waals surface area contributed by atoms with Gasteiger partial charge in [-0.2, -0.15) is 10.5 Å². The fraction of sp³-hybridized carbons (Fsp3) is 0.440. The Kier molecular flexibility index (Phi) is 8.83. The lowest BCUT2D eigenvalue weighted by Gasteiger charge is -2.44. The molecule has 1 aromatic carbocycles. The van der Waals surface area contributed by atoms with Crippen molar-refractivity contribution in [2.24, 2.45) is 23.7 Å². The van der Waals surface area contributed by atoms with E-state index in [1.54, 1.807) is 11.3 Å².